The molecule has 5 aliphatic heterocycles. The highest BCUT2D eigenvalue weighted by Gasteiger charge is 2.53. The van der Waals surface area contributed by atoms with Crippen LogP contribution in [0.3, 0.4) is 0 Å². The molecule has 550 valence electrons. The summed E-state index contributed by atoms with van der Waals surface area (Å²) >= 11 is 0. The van der Waals surface area contributed by atoms with Crippen LogP contribution < -0.4 is 0 Å². The van der Waals surface area contributed by atoms with Crippen molar-refractivity contribution in [1.82, 2.24) is 19.6 Å². The molecule has 0 bridgehead atoms. The zero-order valence-electron chi connectivity index (χ0n) is 60.8. The number of alkyl halides is 3. The fourth-order valence-corrected chi connectivity index (χ4v) is 18.1. The van der Waals surface area contributed by atoms with Crippen molar-refractivity contribution in [3.05, 3.63) is 306 Å². The largest absolute Gasteiger partial charge is 0.409 e. The topological polar surface area (TPSA) is 134 Å². The Balaban J connectivity index is 0.000000122. The lowest BCUT2D eigenvalue weighted by Crippen LogP contribution is -2.52. The number of halogens is 5. The molecule has 1 fully saturated rings. The number of aliphatic hydroxyl groups is 1. The minimum Gasteiger partial charge on any atom is -0.392 e. The number of nitriles is 1. The molecule has 0 spiro atoms. The lowest BCUT2D eigenvalue weighted by Gasteiger charge is -2.43. The third kappa shape index (κ3) is 14.3. The van der Waals surface area contributed by atoms with Crippen LogP contribution in [0.15, 0.2) is 216 Å². The van der Waals surface area contributed by atoms with Gasteiger partial charge in [0, 0.05) is 38.1 Å². The maximum absolute atomic E-state index is 13.9. The van der Waals surface area contributed by atoms with Gasteiger partial charge >= 0.3 is 6.18 Å². The van der Waals surface area contributed by atoms with Crippen LogP contribution in [0.5, 0.6) is 0 Å². The summed E-state index contributed by atoms with van der Waals surface area (Å²) in [6.45, 7) is 5.86. The third-order valence-electron chi connectivity index (χ3n) is 23.0. The van der Waals surface area contributed by atoms with Gasteiger partial charge < -0.3 is 29.4 Å². The molecule has 17 rings (SSSR count). The van der Waals surface area contributed by atoms with Crippen molar-refractivity contribution in [3.8, 4) is 55.4 Å². The van der Waals surface area contributed by atoms with Crippen LogP contribution in [0.1, 0.15) is 160 Å². The first-order valence-electron chi connectivity index (χ1n) is 37.0. The van der Waals surface area contributed by atoms with Crippen molar-refractivity contribution in [1.29, 1.82) is 5.26 Å². The zero-order chi connectivity index (χ0) is 77.2. The molecule has 9 aliphatic rings. The predicted molar refractivity (Wildman–Crippen MR) is 413 cm³/mol. The summed E-state index contributed by atoms with van der Waals surface area (Å²) in [5.74, 6) is 6.35. The molecule has 11 nitrogen and oxygen atoms in total. The number of carbonyl (C=O) groups excluding carboxylic acids is 4. The summed E-state index contributed by atoms with van der Waals surface area (Å²) in [6, 6.07) is 58.3. The molecule has 4 amide bonds. The van der Waals surface area contributed by atoms with Gasteiger partial charge in [-0.1, -0.05) is 170 Å². The first-order chi connectivity index (χ1) is 53.2. The van der Waals surface area contributed by atoms with E-state index in [0.717, 1.165) is 107 Å². The first-order valence-corrected chi connectivity index (χ1v) is 37.0. The summed E-state index contributed by atoms with van der Waals surface area (Å²) < 4.78 is 74.1. The molecule has 5 heterocycles. The van der Waals surface area contributed by atoms with Crippen molar-refractivity contribution in [2.75, 3.05) is 13.2 Å². The molecule has 8 atom stereocenters. The van der Waals surface area contributed by atoms with Crippen LogP contribution >= 0.6 is 0 Å². The van der Waals surface area contributed by atoms with E-state index in [9.17, 15) is 51.5 Å². The maximum atomic E-state index is 13.9. The van der Waals surface area contributed by atoms with Gasteiger partial charge in [0.05, 0.1) is 36.8 Å². The molecule has 4 aliphatic carbocycles. The van der Waals surface area contributed by atoms with Crippen LogP contribution in [-0.4, -0.2) is 91.9 Å². The molecule has 1 saturated heterocycles. The molecule has 0 radical (unpaired) electrons. The summed E-state index contributed by atoms with van der Waals surface area (Å²) in [6.07, 6.45) is 23.8. The number of fused-ring (bicyclic) bond motifs is 8. The van der Waals surface area contributed by atoms with E-state index in [2.05, 4.69) is 117 Å². The second-order valence-corrected chi connectivity index (χ2v) is 29.2. The van der Waals surface area contributed by atoms with Crippen LogP contribution in [0.4, 0.5) is 22.0 Å². The van der Waals surface area contributed by atoms with E-state index in [4.69, 9.17) is 30.4 Å². The second kappa shape index (κ2) is 31.6. The van der Waals surface area contributed by atoms with E-state index < -0.39 is 48.0 Å². The highest BCUT2D eigenvalue weighted by molar-refractivity contribution is 5.98. The standard InChI is InChI=1S/C27H27NO2.C23H21NO2.C22H15F4NO.C22H15FN2O/c1-3-26(29)28-18(2)16-24-23-7-5-4-6-22(23)17-25(24)27(28)21-10-8-19(9-11-21)20-12-14-30-15-13-20;1-3-22(26)24-15(2)12-20-19-7-5-4-6-18(19)13-21(20)23(24)17-10-8-16(14-25)9-11-17;1-2-20(28)27-19(22(24,25)26)12-17-16-6-4-3-5-14(16)11-18(17)21(27)13-7-9-15(23)10-8-13;1-2-21(26)25-17(13-24)12-19-18-6-4-3-5-15(18)11-20(19)22(25)14-7-9-16(23)10-8-14/h1,4-11,18,20,27H,12-17H2,2H3;1,4-11,15,23,25H,12-14H2,2H3;1,3-10,19,21H,11-12H2;1,3-10,17,22H,11-12H2/t18-,27-;15-,23-;19-,21+;17-,22+/m0011/s1. The number of hydrogen-bond donors (Lipinski definition) is 1. The van der Waals surface area contributed by atoms with Gasteiger partial charge in [-0.15, -0.1) is 25.7 Å². The van der Waals surface area contributed by atoms with Crippen molar-refractivity contribution in [2.24, 2.45) is 0 Å². The van der Waals surface area contributed by atoms with Crippen molar-refractivity contribution in [3.63, 3.8) is 0 Å². The van der Waals surface area contributed by atoms with Gasteiger partial charge in [0.15, 0.2) is 0 Å². The van der Waals surface area contributed by atoms with E-state index in [0.29, 0.717) is 41.9 Å². The Morgan fingerprint density at radius 3 is 1.11 bits per heavy atom. The third-order valence-corrected chi connectivity index (χ3v) is 23.0. The Kier molecular flexibility index (Phi) is 21.5. The van der Waals surface area contributed by atoms with E-state index in [1.807, 2.05) is 70.3 Å². The fraction of sp³-hybridized carbons (Fsp3) is 0.266. The Labute approximate surface area is 638 Å². The fourth-order valence-electron chi connectivity index (χ4n) is 18.1. The van der Waals surface area contributed by atoms with Gasteiger partial charge in [-0.2, -0.15) is 18.4 Å². The number of hydrogen-bond acceptors (Lipinski definition) is 7. The predicted octanol–water partition coefficient (Wildman–Crippen LogP) is 16.7. The minimum atomic E-state index is -4.65. The van der Waals surface area contributed by atoms with E-state index in [-0.39, 0.29) is 54.8 Å². The average Bonchev–Trinajstić information content (AvgIpc) is 1.53. The quantitative estimate of drug-likeness (QED) is 0.129. The lowest BCUT2D eigenvalue weighted by atomic mass is 9.84. The first kappa shape index (κ1) is 74.7. The van der Waals surface area contributed by atoms with Crippen LogP contribution in [0, 0.1) is 72.3 Å². The Hall–Kier alpha value is -12.1. The summed E-state index contributed by atoms with van der Waals surface area (Å²) in [4.78, 5) is 56.3. The molecule has 16 heteroatoms. The van der Waals surface area contributed by atoms with Gasteiger partial charge in [0.2, 0.25) is 0 Å². The molecular weight excluding hydrogens is 1390 g/mol. The summed E-state index contributed by atoms with van der Waals surface area (Å²) in [5.41, 5.74) is 23.7. The zero-order valence-corrected chi connectivity index (χ0v) is 60.8. The van der Waals surface area contributed by atoms with Crippen LogP contribution in [-0.2, 0) is 56.2 Å². The van der Waals surface area contributed by atoms with Crippen molar-refractivity contribution >= 4 is 45.9 Å². The number of nitrogens with zero attached hydrogens (tertiary/aromatic N) is 5. The van der Waals surface area contributed by atoms with Gasteiger partial charge in [-0.3, -0.25) is 19.2 Å². The molecule has 8 aromatic rings. The minimum absolute atomic E-state index is 0.00768. The van der Waals surface area contributed by atoms with E-state index in [1.165, 1.54) is 97.0 Å². The molecule has 8 aromatic carbocycles. The van der Waals surface area contributed by atoms with E-state index >= 15 is 0 Å². The number of aliphatic hydroxyl groups excluding tert-OH is 1. The maximum Gasteiger partial charge on any atom is 0.409 e. The highest BCUT2D eigenvalue weighted by Crippen LogP contribution is 2.55. The Morgan fingerprint density at radius 2 is 0.745 bits per heavy atom. The number of benzene rings is 8. The van der Waals surface area contributed by atoms with Crippen molar-refractivity contribution < 1.29 is 51.0 Å². The van der Waals surface area contributed by atoms with E-state index in [1.54, 1.807) is 24.3 Å². The summed E-state index contributed by atoms with van der Waals surface area (Å²) in [7, 11) is 0. The molecule has 110 heavy (non-hydrogen) atoms. The van der Waals surface area contributed by atoms with Crippen LogP contribution in [0.25, 0.3) is 22.3 Å². The Bertz CT molecular complexity index is 5320. The number of amides is 4. The summed E-state index contributed by atoms with van der Waals surface area (Å²) in [5, 5.41) is 19.0. The Morgan fingerprint density at radius 1 is 0.436 bits per heavy atom. The molecule has 0 unspecified atom stereocenters. The van der Waals surface area contributed by atoms with Gasteiger partial charge in [-0.05, 0) is 242 Å². The van der Waals surface area contributed by atoms with Gasteiger partial charge in [-0.25, -0.2) is 8.78 Å². The van der Waals surface area contributed by atoms with Gasteiger partial charge in [0.25, 0.3) is 23.6 Å². The number of carbonyl (C=O) groups is 4. The number of ether oxygens (including phenoxy) is 1. The number of rotatable bonds is 6. The molecular formula is C94H78F5N5O6. The normalized spacial score (nSPS) is 21.8. The SMILES string of the molecule is C#CC(=O)N1[C@@H](c2ccc(C3CCOCC3)cc2)C2=C(C[C@@H]1C)c1ccccc1C2.C#CC(=O)N1[C@@H](c2ccc(CO)cc2)C2=C(C[C@@H]1C)c1ccccc1C2.C#CC(=O)N1[C@@H](c2ccc(F)cc2)C2=C(C[C@@H]1C#N)c1ccccc1C2.C#CC(=O)N1[C@@H](c2ccc(F)cc2)C2=C(C[C@@H]1C(F)(F)F)c1ccccc1C2. The van der Waals surface area contributed by atoms with Gasteiger partial charge in [0.1, 0.15) is 23.7 Å². The molecule has 1 N–H and O–H groups in total. The van der Waals surface area contributed by atoms with Crippen molar-refractivity contribution in [2.45, 2.75) is 145 Å². The van der Waals surface area contributed by atoms with Crippen LogP contribution in [0.2, 0.25) is 0 Å². The average molecular weight is 1470 g/mol. The highest BCUT2D eigenvalue weighted by atomic mass is 19.4. The smallest absolute Gasteiger partial charge is 0.392 e. The lowest BCUT2D eigenvalue weighted by molar-refractivity contribution is -0.192. The number of terminal acetylenes is 4. The second-order valence-electron chi connectivity index (χ2n) is 29.2. The molecule has 0 saturated carbocycles. The molecule has 0 aromatic heterocycles. The monoisotopic (exact) mass is 1470 g/mol.